The first-order valence-electron chi connectivity index (χ1n) is 9.27. The molecule has 0 aliphatic heterocycles. The van der Waals surface area contributed by atoms with Gasteiger partial charge in [-0.2, -0.15) is 0 Å². The quantitative estimate of drug-likeness (QED) is 0.504. The molecule has 0 atom stereocenters. The molecule has 2 aliphatic carbocycles. The number of rotatable bonds is 7. The van der Waals surface area contributed by atoms with E-state index in [0.29, 0.717) is 16.9 Å². The molecule has 144 valence electrons. The van der Waals surface area contributed by atoms with Crippen LogP contribution in [0, 0.1) is 10.1 Å². The highest BCUT2D eigenvalue weighted by molar-refractivity contribution is 6.09. The summed E-state index contributed by atoms with van der Waals surface area (Å²) in [6, 6.07) is 11.5. The summed E-state index contributed by atoms with van der Waals surface area (Å²) >= 11 is 0. The fraction of sp³-hybridized carbons (Fsp3) is 0.300. The molecular formula is C20H20N4O4. The predicted octanol–water partition coefficient (Wildman–Crippen LogP) is 3.31. The van der Waals surface area contributed by atoms with E-state index in [1.54, 1.807) is 36.4 Å². The first-order chi connectivity index (χ1) is 13.5. The van der Waals surface area contributed by atoms with E-state index < -0.39 is 10.8 Å². The van der Waals surface area contributed by atoms with Crippen LogP contribution in [0.15, 0.2) is 42.5 Å². The first-order valence-corrected chi connectivity index (χ1v) is 9.27. The van der Waals surface area contributed by atoms with Gasteiger partial charge in [-0.1, -0.05) is 12.1 Å². The fourth-order valence-corrected chi connectivity index (χ4v) is 2.87. The number of nitro groups is 1. The molecule has 4 rings (SSSR count). The lowest BCUT2D eigenvalue weighted by molar-refractivity contribution is -0.384. The normalized spacial score (nSPS) is 15.6. The van der Waals surface area contributed by atoms with Crippen molar-refractivity contribution in [1.82, 2.24) is 5.32 Å². The number of carbonyl (C=O) groups is 2. The molecule has 0 bridgehead atoms. The Hall–Kier alpha value is -3.42. The zero-order chi connectivity index (χ0) is 19.7. The Morgan fingerprint density at radius 2 is 1.64 bits per heavy atom. The van der Waals surface area contributed by atoms with E-state index >= 15 is 0 Å². The van der Waals surface area contributed by atoms with Crippen LogP contribution in [0.2, 0.25) is 0 Å². The van der Waals surface area contributed by atoms with Gasteiger partial charge >= 0.3 is 0 Å². The minimum atomic E-state index is -0.507. The van der Waals surface area contributed by atoms with Gasteiger partial charge in [0.1, 0.15) is 5.69 Å². The average Bonchev–Trinajstić information content (AvgIpc) is 3.59. The van der Waals surface area contributed by atoms with Crippen LogP contribution in [0.4, 0.5) is 17.1 Å². The summed E-state index contributed by atoms with van der Waals surface area (Å²) in [4.78, 5) is 35.9. The summed E-state index contributed by atoms with van der Waals surface area (Å²) in [6.07, 6.45) is 3.90. The number of para-hydroxylation sites is 1. The van der Waals surface area contributed by atoms with E-state index in [0.717, 1.165) is 25.7 Å². The second kappa shape index (κ2) is 7.30. The number of nitrogens with zero attached hydrogens (tertiary/aromatic N) is 1. The van der Waals surface area contributed by atoms with Crippen LogP contribution < -0.4 is 16.0 Å². The molecule has 2 aliphatic rings. The second-order valence-corrected chi connectivity index (χ2v) is 7.16. The standard InChI is InChI=1S/C20H20N4O4/c25-19(12-5-10-17(21-13-6-7-13)18(11-12)24(27)28)23-16-4-2-1-3-15(16)20(26)22-14-8-9-14/h1-5,10-11,13-14,21H,6-9H2,(H,22,26)(H,23,25). The predicted molar refractivity (Wildman–Crippen MR) is 105 cm³/mol. The number of anilines is 2. The molecule has 28 heavy (non-hydrogen) atoms. The van der Waals surface area contributed by atoms with Crippen molar-refractivity contribution in [2.24, 2.45) is 0 Å². The summed E-state index contributed by atoms with van der Waals surface area (Å²) in [7, 11) is 0. The summed E-state index contributed by atoms with van der Waals surface area (Å²) in [5.41, 5.74) is 1.16. The van der Waals surface area contributed by atoms with Crippen LogP contribution in [0.5, 0.6) is 0 Å². The highest BCUT2D eigenvalue weighted by Gasteiger charge is 2.27. The van der Waals surface area contributed by atoms with Crippen molar-refractivity contribution in [2.75, 3.05) is 10.6 Å². The molecule has 2 fully saturated rings. The molecule has 2 amide bonds. The number of nitro benzene ring substituents is 1. The maximum Gasteiger partial charge on any atom is 0.293 e. The van der Waals surface area contributed by atoms with Crippen molar-refractivity contribution in [3.8, 4) is 0 Å². The molecule has 0 radical (unpaired) electrons. The van der Waals surface area contributed by atoms with Crippen molar-refractivity contribution in [3.05, 3.63) is 63.7 Å². The maximum absolute atomic E-state index is 12.7. The number of amides is 2. The lowest BCUT2D eigenvalue weighted by atomic mass is 10.1. The van der Waals surface area contributed by atoms with Gasteiger partial charge in [0.25, 0.3) is 17.5 Å². The lowest BCUT2D eigenvalue weighted by Gasteiger charge is -2.12. The van der Waals surface area contributed by atoms with E-state index in [2.05, 4.69) is 16.0 Å². The van der Waals surface area contributed by atoms with Gasteiger partial charge in [0.2, 0.25) is 0 Å². The first kappa shape index (κ1) is 18.0. The SMILES string of the molecule is O=C(Nc1ccccc1C(=O)NC1CC1)c1ccc(NC2CC2)c([N+](=O)[O-])c1. The third-order valence-corrected chi connectivity index (χ3v) is 4.73. The van der Waals surface area contributed by atoms with Crippen molar-refractivity contribution in [3.63, 3.8) is 0 Å². The Kier molecular flexibility index (Phi) is 4.68. The van der Waals surface area contributed by atoms with Gasteiger partial charge in [0.05, 0.1) is 16.2 Å². The molecule has 2 aromatic carbocycles. The van der Waals surface area contributed by atoms with Gasteiger partial charge in [0.15, 0.2) is 0 Å². The Balaban J connectivity index is 1.54. The number of hydrogen-bond donors (Lipinski definition) is 3. The molecule has 3 N–H and O–H groups in total. The minimum absolute atomic E-state index is 0.140. The third kappa shape index (κ3) is 4.11. The molecule has 8 nitrogen and oxygen atoms in total. The molecule has 2 saturated carbocycles. The van der Waals surface area contributed by atoms with Crippen LogP contribution in [0.25, 0.3) is 0 Å². The third-order valence-electron chi connectivity index (χ3n) is 4.73. The van der Waals surface area contributed by atoms with Crippen molar-refractivity contribution in [1.29, 1.82) is 0 Å². The number of carbonyl (C=O) groups excluding carboxylic acids is 2. The molecule has 0 spiro atoms. The van der Waals surface area contributed by atoms with Gasteiger partial charge in [-0.15, -0.1) is 0 Å². The van der Waals surface area contributed by atoms with E-state index in [9.17, 15) is 19.7 Å². The van der Waals surface area contributed by atoms with Crippen LogP contribution in [-0.4, -0.2) is 28.8 Å². The van der Waals surface area contributed by atoms with Gasteiger partial charge in [-0.05, 0) is 49.9 Å². The zero-order valence-corrected chi connectivity index (χ0v) is 15.1. The highest BCUT2D eigenvalue weighted by Crippen LogP contribution is 2.32. The highest BCUT2D eigenvalue weighted by atomic mass is 16.6. The maximum atomic E-state index is 12.7. The van der Waals surface area contributed by atoms with Crippen LogP contribution in [-0.2, 0) is 0 Å². The van der Waals surface area contributed by atoms with E-state index in [1.807, 2.05) is 0 Å². The number of benzene rings is 2. The lowest BCUT2D eigenvalue weighted by Crippen LogP contribution is -2.27. The van der Waals surface area contributed by atoms with E-state index in [1.165, 1.54) is 6.07 Å². The van der Waals surface area contributed by atoms with Crippen LogP contribution in [0.1, 0.15) is 46.4 Å². The fourth-order valence-electron chi connectivity index (χ4n) is 2.87. The topological polar surface area (TPSA) is 113 Å². The Morgan fingerprint density at radius 1 is 0.929 bits per heavy atom. The van der Waals surface area contributed by atoms with Gasteiger partial charge in [-0.3, -0.25) is 19.7 Å². The molecule has 8 heteroatoms. The molecular weight excluding hydrogens is 360 g/mol. The second-order valence-electron chi connectivity index (χ2n) is 7.16. The Morgan fingerprint density at radius 3 is 2.32 bits per heavy atom. The molecule has 0 saturated heterocycles. The molecule has 2 aromatic rings. The summed E-state index contributed by atoms with van der Waals surface area (Å²) < 4.78 is 0. The molecule has 0 aromatic heterocycles. The van der Waals surface area contributed by atoms with Gasteiger partial charge in [-0.25, -0.2) is 0 Å². The minimum Gasteiger partial charge on any atom is -0.377 e. The number of nitrogens with one attached hydrogen (secondary N) is 3. The summed E-state index contributed by atoms with van der Waals surface area (Å²) in [5.74, 6) is -0.749. The van der Waals surface area contributed by atoms with Crippen molar-refractivity contribution < 1.29 is 14.5 Å². The zero-order valence-electron chi connectivity index (χ0n) is 15.1. The van der Waals surface area contributed by atoms with Crippen LogP contribution >= 0.6 is 0 Å². The van der Waals surface area contributed by atoms with Gasteiger partial charge in [0, 0.05) is 23.7 Å². The monoisotopic (exact) mass is 380 g/mol. The summed E-state index contributed by atoms with van der Waals surface area (Å²) in [6.45, 7) is 0. The Labute approximate surface area is 161 Å². The largest absolute Gasteiger partial charge is 0.377 e. The molecule has 0 unspecified atom stereocenters. The van der Waals surface area contributed by atoms with Crippen molar-refractivity contribution >= 4 is 28.9 Å². The molecule has 0 heterocycles. The average molecular weight is 380 g/mol. The number of hydrogen-bond acceptors (Lipinski definition) is 5. The smallest absolute Gasteiger partial charge is 0.293 e. The van der Waals surface area contributed by atoms with Crippen molar-refractivity contribution in [2.45, 2.75) is 37.8 Å². The Bertz CT molecular complexity index is 951. The van der Waals surface area contributed by atoms with Gasteiger partial charge < -0.3 is 16.0 Å². The van der Waals surface area contributed by atoms with E-state index in [4.69, 9.17) is 0 Å². The van der Waals surface area contributed by atoms with Crippen LogP contribution in [0.3, 0.4) is 0 Å². The summed E-state index contributed by atoms with van der Waals surface area (Å²) in [5, 5.41) is 20.1. The van der Waals surface area contributed by atoms with E-state index in [-0.39, 0.29) is 29.2 Å².